The maximum Gasteiger partial charge on any atom is 0.233 e. The Kier molecular flexibility index (Phi) is 6.99. The second kappa shape index (κ2) is 9.44. The minimum atomic E-state index is -0.177. The number of benzene rings is 1. The van der Waals surface area contributed by atoms with Gasteiger partial charge in [-0.15, -0.1) is 11.8 Å². The molecule has 2 aromatic rings. The van der Waals surface area contributed by atoms with Gasteiger partial charge in [-0.05, 0) is 49.9 Å². The molecule has 0 radical (unpaired) electrons. The van der Waals surface area contributed by atoms with E-state index in [1.807, 2.05) is 49.5 Å². The normalized spacial score (nSPS) is 16.2. The molecule has 144 valence electrons. The molecule has 7 heteroatoms. The van der Waals surface area contributed by atoms with Crippen molar-refractivity contribution in [2.24, 2.45) is 0 Å². The third-order valence-electron chi connectivity index (χ3n) is 4.60. The second-order valence-corrected chi connectivity index (χ2v) is 8.60. The maximum atomic E-state index is 12.3. The highest BCUT2D eigenvalue weighted by molar-refractivity contribution is 8.00. The standard InChI is InChI=1S/C20H25ClN4OS/c1-15(27-18-6-4-17(21)5-7-18)20(26)23-14-16-3-8-19(22-13-16)25-11-9-24(2)10-12-25/h3-8,13,15H,9-12,14H2,1-2H3,(H,23,26). The van der Waals surface area contributed by atoms with Gasteiger partial charge in [0.15, 0.2) is 0 Å². The highest BCUT2D eigenvalue weighted by Crippen LogP contribution is 2.24. The first-order valence-corrected chi connectivity index (χ1v) is 10.4. The minimum Gasteiger partial charge on any atom is -0.354 e. The zero-order valence-corrected chi connectivity index (χ0v) is 17.3. The molecule has 1 saturated heterocycles. The van der Waals surface area contributed by atoms with Crippen LogP contribution in [0, 0.1) is 0 Å². The van der Waals surface area contributed by atoms with Crippen molar-refractivity contribution in [2.45, 2.75) is 23.6 Å². The fourth-order valence-corrected chi connectivity index (χ4v) is 3.87. The van der Waals surface area contributed by atoms with Crippen LogP contribution in [0.1, 0.15) is 12.5 Å². The lowest BCUT2D eigenvalue weighted by Crippen LogP contribution is -2.44. The zero-order valence-electron chi connectivity index (χ0n) is 15.7. The van der Waals surface area contributed by atoms with Gasteiger partial charge in [0.05, 0.1) is 5.25 Å². The fraction of sp³-hybridized carbons (Fsp3) is 0.400. The van der Waals surface area contributed by atoms with E-state index in [9.17, 15) is 4.79 Å². The van der Waals surface area contributed by atoms with Crippen molar-refractivity contribution in [1.29, 1.82) is 0 Å². The lowest BCUT2D eigenvalue weighted by Gasteiger charge is -2.33. The molecular formula is C20H25ClN4OS. The number of pyridine rings is 1. The molecule has 1 aliphatic rings. The molecule has 1 atom stereocenters. The van der Waals surface area contributed by atoms with E-state index in [0.717, 1.165) is 42.5 Å². The number of hydrogen-bond acceptors (Lipinski definition) is 5. The Morgan fingerprint density at radius 1 is 1.19 bits per heavy atom. The molecular weight excluding hydrogens is 380 g/mol. The van der Waals surface area contributed by atoms with Crippen molar-refractivity contribution < 1.29 is 4.79 Å². The Hall–Kier alpha value is -1.76. The second-order valence-electron chi connectivity index (χ2n) is 6.75. The van der Waals surface area contributed by atoms with Gasteiger partial charge < -0.3 is 15.1 Å². The molecule has 1 N–H and O–H groups in total. The van der Waals surface area contributed by atoms with Gasteiger partial charge in [0.25, 0.3) is 0 Å². The smallest absolute Gasteiger partial charge is 0.233 e. The summed E-state index contributed by atoms with van der Waals surface area (Å²) in [6, 6.07) is 11.6. The van der Waals surface area contributed by atoms with Gasteiger partial charge in [-0.3, -0.25) is 4.79 Å². The summed E-state index contributed by atoms with van der Waals surface area (Å²) in [4.78, 5) is 22.6. The summed E-state index contributed by atoms with van der Waals surface area (Å²) in [7, 11) is 2.14. The molecule has 27 heavy (non-hydrogen) atoms. The predicted molar refractivity (Wildman–Crippen MR) is 113 cm³/mol. The summed E-state index contributed by atoms with van der Waals surface area (Å²) in [5, 5.41) is 3.51. The monoisotopic (exact) mass is 404 g/mol. The number of nitrogens with one attached hydrogen (secondary N) is 1. The number of rotatable bonds is 6. The number of hydrogen-bond donors (Lipinski definition) is 1. The number of likely N-dealkylation sites (N-methyl/N-ethyl adjacent to an activating group) is 1. The van der Waals surface area contributed by atoms with E-state index < -0.39 is 0 Å². The molecule has 1 aliphatic heterocycles. The number of thioether (sulfide) groups is 1. The Balaban J connectivity index is 1.47. The topological polar surface area (TPSA) is 48.5 Å². The highest BCUT2D eigenvalue weighted by atomic mass is 35.5. The molecule has 1 fully saturated rings. The van der Waals surface area contributed by atoms with Crippen molar-refractivity contribution in [3.05, 3.63) is 53.2 Å². The summed E-state index contributed by atoms with van der Waals surface area (Å²) >= 11 is 7.42. The molecule has 0 saturated carbocycles. The zero-order chi connectivity index (χ0) is 19.2. The van der Waals surface area contributed by atoms with Crippen molar-refractivity contribution in [3.63, 3.8) is 0 Å². The summed E-state index contributed by atoms with van der Waals surface area (Å²) in [5.74, 6) is 1.02. The van der Waals surface area contributed by atoms with Gasteiger partial charge in [0.2, 0.25) is 5.91 Å². The minimum absolute atomic E-state index is 0.0121. The van der Waals surface area contributed by atoms with Crippen LogP contribution in [-0.2, 0) is 11.3 Å². The molecule has 0 spiro atoms. The van der Waals surface area contributed by atoms with Crippen LogP contribution in [0.25, 0.3) is 0 Å². The van der Waals surface area contributed by atoms with Crippen molar-refractivity contribution in [2.75, 3.05) is 38.1 Å². The summed E-state index contributed by atoms with van der Waals surface area (Å²) in [5.41, 5.74) is 1.00. The largest absolute Gasteiger partial charge is 0.354 e. The van der Waals surface area contributed by atoms with Gasteiger partial charge in [-0.1, -0.05) is 17.7 Å². The van der Waals surface area contributed by atoms with Crippen LogP contribution in [0.4, 0.5) is 5.82 Å². The third kappa shape index (κ3) is 5.86. The molecule has 3 rings (SSSR count). The number of nitrogens with zero attached hydrogens (tertiary/aromatic N) is 3. The summed E-state index contributed by atoms with van der Waals surface area (Å²) in [6.07, 6.45) is 1.85. The average molecular weight is 405 g/mol. The number of carbonyl (C=O) groups is 1. The third-order valence-corrected chi connectivity index (χ3v) is 5.96. The molecule has 0 aliphatic carbocycles. The van der Waals surface area contributed by atoms with Gasteiger partial charge in [-0.2, -0.15) is 0 Å². The van der Waals surface area contributed by atoms with Gasteiger partial charge >= 0.3 is 0 Å². The van der Waals surface area contributed by atoms with E-state index >= 15 is 0 Å². The lowest BCUT2D eigenvalue weighted by atomic mass is 10.2. The summed E-state index contributed by atoms with van der Waals surface area (Å²) < 4.78 is 0. The number of anilines is 1. The van der Waals surface area contributed by atoms with Crippen LogP contribution in [0.15, 0.2) is 47.5 Å². The molecule has 1 aromatic carbocycles. The molecule has 0 bridgehead atoms. The van der Waals surface area contributed by atoms with E-state index in [4.69, 9.17) is 11.6 Å². The molecule has 2 heterocycles. The van der Waals surface area contributed by atoms with Crippen LogP contribution in [0.2, 0.25) is 5.02 Å². The average Bonchev–Trinajstić information content (AvgIpc) is 2.69. The Morgan fingerprint density at radius 2 is 1.89 bits per heavy atom. The van der Waals surface area contributed by atoms with E-state index in [0.29, 0.717) is 11.6 Å². The molecule has 5 nitrogen and oxygen atoms in total. The quantitative estimate of drug-likeness (QED) is 0.748. The van der Waals surface area contributed by atoms with Gasteiger partial charge in [0, 0.05) is 48.8 Å². The van der Waals surface area contributed by atoms with Crippen LogP contribution in [-0.4, -0.2) is 54.3 Å². The van der Waals surface area contributed by atoms with Crippen molar-refractivity contribution in [1.82, 2.24) is 15.2 Å². The van der Waals surface area contributed by atoms with E-state index in [2.05, 4.69) is 27.1 Å². The van der Waals surface area contributed by atoms with Gasteiger partial charge in [-0.25, -0.2) is 4.98 Å². The lowest BCUT2D eigenvalue weighted by molar-refractivity contribution is -0.120. The Labute approximate surface area is 170 Å². The first kappa shape index (κ1) is 20.0. The number of carbonyl (C=O) groups excluding carboxylic acids is 1. The fourth-order valence-electron chi connectivity index (χ4n) is 2.85. The van der Waals surface area contributed by atoms with Crippen LogP contribution < -0.4 is 10.2 Å². The van der Waals surface area contributed by atoms with Crippen molar-refractivity contribution >= 4 is 35.1 Å². The number of amides is 1. The molecule has 1 unspecified atom stereocenters. The van der Waals surface area contributed by atoms with E-state index in [-0.39, 0.29) is 11.2 Å². The summed E-state index contributed by atoms with van der Waals surface area (Å²) in [6.45, 7) is 6.51. The molecule has 1 aromatic heterocycles. The van der Waals surface area contributed by atoms with E-state index in [1.54, 1.807) is 0 Å². The number of piperazine rings is 1. The molecule has 1 amide bonds. The highest BCUT2D eigenvalue weighted by Gasteiger charge is 2.16. The van der Waals surface area contributed by atoms with Crippen LogP contribution >= 0.6 is 23.4 Å². The van der Waals surface area contributed by atoms with Gasteiger partial charge in [0.1, 0.15) is 5.82 Å². The predicted octanol–water partition coefficient (Wildman–Crippen LogP) is 3.28. The number of halogens is 1. The van der Waals surface area contributed by atoms with Crippen LogP contribution in [0.3, 0.4) is 0 Å². The number of aromatic nitrogens is 1. The van der Waals surface area contributed by atoms with Crippen LogP contribution in [0.5, 0.6) is 0 Å². The maximum absolute atomic E-state index is 12.3. The SMILES string of the molecule is CC(Sc1ccc(Cl)cc1)C(=O)NCc1ccc(N2CCN(C)CC2)nc1. The Bertz CT molecular complexity index is 746. The van der Waals surface area contributed by atoms with E-state index in [1.165, 1.54) is 11.8 Å². The first-order valence-electron chi connectivity index (χ1n) is 9.09. The first-order chi connectivity index (χ1) is 13.0. The van der Waals surface area contributed by atoms with Crippen molar-refractivity contribution in [3.8, 4) is 0 Å². The Morgan fingerprint density at radius 3 is 2.52 bits per heavy atom.